The molecule has 0 saturated heterocycles. The summed E-state index contributed by atoms with van der Waals surface area (Å²) in [4.78, 5) is 12.1. The minimum atomic E-state index is -0.289. The SMILES string of the molecule is CC(C)(C)c1ccc(OCC(=O)Nc2nnc(SCc3ccc(Cl)cc3Cl)s2)cc1. The van der Waals surface area contributed by atoms with Gasteiger partial charge in [-0.3, -0.25) is 10.1 Å². The second-order valence-corrected chi connectivity index (χ2v) is 10.6. The molecule has 2 aromatic carbocycles. The van der Waals surface area contributed by atoms with Gasteiger partial charge in [-0.15, -0.1) is 10.2 Å². The fourth-order valence-electron chi connectivity index (χ4n) is 2.45. The first-order chi connectivity index (χ1) is 14.2. The molecule has 0 radical (unpaired) electrons. The summed E-state index contributed by atoms with van der Waals surface area (Å²) >= 11 is 14.9. The second-order valence-electron chi connectivity index (χ2n) is 7.51. The third-order valence-corrected chi connectivity index (χ3v) is 6.72. The van der Waals surface area contributed by atoms with E-state index >= 15 is 0 Å². The molecule has 0 saturated carbocycles. The Bertz CT molecular complexity index is 1020. The number of benzene rings is 2. The molecule has 9 heteroatoms. The quantitative estimate of drug-likeness (QED) is 0.310. The molecule has 0 aliphatic heterocycles. The van der Waals surface area contributed by atoms with Crippen LogP contribution >= 0.6 is 46.3 Å². The van der Waals surface area contributed by atoms with Gasteiger partial charge in [0.25, 0.3) is 5.91 Å². The maximum absolute atomic E-state index is 12.1. The van der Waals surface area contributed by atoms with Gasteiger partial charge in [0.2, 0.25) is 5.13 Å². The van der Waals surface area contributed by atoms with E-state index < -0.39 is 0 Å². The summed E-state index contributed by atoms with van der Waals surface area (Å²) in [6.45, 7) is 6.34. The minimum Gasteiger partial charge on any atom is -0.484 e. The van der Waals surface area contributed by atoms with Crippen molar-refractivity contribution in [3.05, 3.63) is 63.6 Å². The van der Waals surface area contributed by atoms with E-state index in [9.17, 15) is 4.79 Å². The Morgan fingerprint density at radius 2 is 1.87 bits per heavy atom. The van der Waals surface area contributed by atoms with E-state index in [1.165, 1.54) is 28.7 Å². The third-order valence-electron chi connectivity index (χ3n) is 4.11. The molecule has 0 spiro atoms. The van der Waals surface area contributed by atoms with Crippen LogP contribution in [0.25, 0.3) is 0 Å². The zero-order valence-electron chi connectivity index (χ0n) is 16.7. The van der Waals surface area contributed by atoms with Crippen LogP contribution in [0.2, 0.25) is 10.0 Å². The first-order valence-corrected chi connectivity index (χ1v) is 11.7. The van der Waals surface area contributed by atoms with Crippen LogP contribution in [0, 0.1) is 0 Å². The van der Waals surface area contributed by atoms with E-state index in [0.717, 1.165) is 9.90 Å². The summed E-state index contributed by atoms with van der Waals surface area (Å²) < 4.78 is 6.29. The zero-order chi connectivity index (χ0) is 21.7. The number of aromatic nitrogens is 2. The van der Waals surface area contributed by atoms with Gasteiger partial charge in [-0.25, -0.2) is 0 Å². The molecule has 5 nitrogen and oxygen atoms in total. The highest BCUT2D eigenvalue weighted by Crippen LogP contribution is 2.31. The van der Waals surface area contributed by atoms with E-state index in [4.69, 9.17) is 27.9 Å². The fraction of sp³-hybridized carbons (Fsp3) is 0.286. The summed E-state index contributed by atoms with van der Waals surface area (Å²) in [5.74, 6) is 0.988. The number of nitrogens with one attached hydrogen (secondary N) is 1. The topological polar surface area (TPSA) is 64.1 Å². The largest absolute Gasteiger partial charge is 0.484 e. The number of thioether (sulfide) groups is 1. The molecular formula is C21H21Cl2N3O2S2. The lowest BCUT2D eigenvalue weighted by Gasteiger charge is -2.19. The Morgan fingerprint density at radius 3 is 2.53 bits per heavy atom. The molecule has 30 heavy (non-hydrogen) atoms. The molecule has 1 N–H and O–H groups in total. The van der Waals surface area contributed by atoms with E-state index in [0.29, 0.717) is 26.7 Å². The third kappa shape index (κ3) is 6.60. The Morgan fingerprint density at radius 1 is 1.13 bits per heavy atom. The lowest BCUT2D eigenvalue weighted by Crippen LogP contribution is -2.20. The van der Waals surface area contributed by atoms with Gasteiger partial charge in [-0.05, 0) is 40.8 Å². The van der Waals surface area contributed by atoms with Crippen molar-refractivity contribution in [2.24, 2.45) is 0 Å². The van der Waals surface area contributed by atoms with Crippen LogP contribution in [-0.2, 0) is 16.0 Å². The van der Waals surface area contributed by atoms with Crippen molar-refractivity contribution in [2.45, 2.75) is 36.3 Å². The lowest BCUT2D eigenvalue weighted by molar-refractivity contribution is -0.118. The van der Waals surface area contributed by atoms with Crippen molar-refractivity contribution in [1.82, 2.24) is 10.2 Å². The molecule has 3 aromatic rings. The molecule has 0 fully saturated rings. The van der Waals surface area contributed by atoms with Gasteiger partial charge in [0.1, 0.15) is 5.75 Å². The van der Waals surface area contributed by atoms with E-state index in [1.54, 1.807) is 12.1 Å². The van der Waals surface area contributed by atoms with Gasteiger partial charge < -0.3 is 4.74 Å². The van der Waals surface area contributed by atoms with Gasteiger partial charge in [-0.1, -0.05) is 85.3 Å². The molecule has 0 aliphatic rings. The number of anilines is 1. The van der Waals surface area contributed by atoms with Gasteiger partial charge >= 0.3 is 0 Å². The van der Waals surface area contributed by atoms with Crippen molar-refractivity contribution in [3.8, 4) is 5.75 Å². The molecule has 1 heterocycles. The lowest BCUT2D eigenvalue weighted by atomic mass is 9.87. The fourth-order valence-corrected chi connectivity index (χ4v) is 4.78. The summed E-state index contributed by atoms with van der Waals surface area (Å²) in [5, 5.41) is 12.4. The van der Waals surface area contributed by atoms with Gasteiger partial charge in [-0.2, -0.15) is 0 Å². The predicted molar refractivity (Wildman–Crippen MR) is 125 cm³/mol. The summed E-state index contributed by atoms with van der Waals surface area (Å²) in [6.07, 6.45) is 0. The van der Waals surface area contributed by atoms with Crippen LogP contribution in [0.3, 0.4) is 0 Å². The van der Waals surface area contributed by atoms with Crippen molar-refractivity contribution in [3.63, 3.8) is 0 Å². The predicted octanol–water partition coefficient (Wildman–Crippen LogP) is 6.45. The molecule has 1 aromatic heterocycles. The smallest absolute Gasteiger partial charge is 0.264 e. The first-order valence-electron chi connectivity index (χ1n) is 9.14. The van der Waals surface area contributed by atoms with E-state index in [-0.39, 0.29) is 17.9 Å². The van der Waals surface area contributed by atoms with Gasteiger partial charge in [0.15, 0.2) is 10.9 Å². The molecule has 0 aliphatic carbocycles. The van der Waals surface area contributed by atoms with Crippen LogP contribution in [0.4, 0.5) is 5.13 Å². The molecule has 0 bridgehead atoms. The van der Waals surface area contributed by atoms with Crippen molar-refractivity contribution >= 4 is 57.3 Å². The summed E-state index contributed by atoms with van der Waals surface area (Å²) in [7, 11) is 0. The zero-order valence-corrected chi connectivity index (χ0v) is 19.9. The summed E-state index contributed by atoms with van der Waals surface area (Å²) in [6, 6.07) is 13.1. The molecule has 3 rings (SSSR count). The summed E-state index contributed by atoms with van der Waals surface area (Å²) in [5.41, 5.74) is 2.23. The number of amides is 1. The number of halogens is 2. The molecule has 158 valence electrons. The van der Waals surface area contributed by atoms with Gasteiger partial charge in [0, 0.05) is 15.8 Å². The van der Waals surface area contributed by atoms with Crippen LogP contribution in [0.5, 0.6) is 5.75 Å². The highest BCUT2D eigenvalue weighted by atomic mass is 35.5. The van der Waals surface area contributed by atoms with Crippen LogP contribution in [0.15, 0.2) is 46.8 Å². The van der Waals surface area contributed by atoms with Crippen molar-refractivity contribution < 1.29 is 9.53 Å². The normalized spacial score (nSPS) is 11.4. The Balaban J connectivity index is 1.47. The minimum absolute atomic E-state index is 0.0718. The molecule has 0 atom stereocenters. The number of ether oxygens (including phenoxy) is 1. The van der Waals surface area contributed by atoms with Crippen LogP contribution in [-0.4, -0.2) is 22.7 Å². The van der Waals surface area contributed by atoms with Crippen molar-refractivity contribution in [2.75, 3.05) is 11.9 Å². The van der Waals surface area contributed by atoms with E-state index in [2.05, 4.69) is 36.3 Å². The number of nitrogens with zero attached hydrogens (tertiary/aromatic N) is 2. The van der Waals surface area contributed by atoms with Gasteiger partial charge in [0.05, 0.1) is 0 Å². The van der Waals surface area contributed by atoms with E-state index in [1.807, 2.05) is 30.3 Å². The first kappa shape index (κ1) is 22.9. The molecule has 1 amide bonds. The Hall–Kier alpha value is -1.80. The number of hydrogen-bond acceptors (Lipinski definition) is 6. The number of carbonyl (C=O) groups excluding carboxylic acids is 1. The van der Waals surface area contributed by atoms with Crippen LogP contribution < -0.4 is 10.1 Å². The molecular weight excluding hydrogens is 461 g/mol. The Kier molecular flexibility index (Phi) is 7.63. The average molecular weight is 482 g/mol. The highest BCUT2D eigenvalue weighted by Gasteiger charge is 2.14. The highest BCUT2D eigenvalue weighted by molar-refractivity contribution is 8.00. The number of rotatable bonds is 7. The monoisotopic (exact) mass is 481 g/mol. The maximum Gasteiger partial charge on any atom is 0.264 e. The average Bonchev–Trinajstić information content (AvgIpc) is 3.12. The maximum atomic E-state index is 12.1. The second kappa shape index (κ2) is 10.0. The Labute approximate surface area is 194 Å². The van der Waals surface area contributed by atoms with Crippen LogP contribution in [0.1, 0.15) is 31.9 Å². The molecule has 0 unspecified atom stereocenters. The van der Waals surface area contributed by atoms with Crippen molar-refractivity contribution in [1.29, 1.82) is 0 Å². The standard InChI is InChI=1S/C21H21Cl2N3O2S2/c1-21(2,3)14-5-8-16(9-6-14)28-11-18(27)24-19-25-26-20(30-19)29-12-13-4-7-15(22)10-17(13)23/h4-10H,11-12H2,1-3H3,(H,24,25,27). The number of hydrogen-bond donors (Lipinski definition) is 1. The number of carbonyl (C=O) groups is 1.